The Balaban J connectivity index is 2.07. The minimum absolute atomic E-state index is 0.0974. The van der Waals surface area contributed by atoms with Crippen molar-refractivity contribution in [1.29, 1.82) is 5.26 Å². The molecule has 168 valence electrons. The van der Waals surface area contributed by atoms with E-state index < -0.39 is 18.0 Å². The lowest BCUT2D eigenvalue weighted by Gasteiger charge is -2.16. The van der Waals surface area contributed by atoms with E-state index in [-0.39, 0.29) is 19.6 Å². The minimum atomic E-state index is -0.866. The van der Waals surface area contributed by atoms with Crippen molar-refractivity contribution in [1.82, 2.24) is 10.7 Å². The van der Waals surface area contributed by atoms with Gasteiger partial charge >= 0.3 is 6.09 Å². The van der Waals surface area contributed by atoms with Crippen LogP contribution < -0.4 is 20.2 Å². The van der Waals surface area contributed by atoms with Crippen LogP contribution in [0.2, 0.25) is 0 Å². The maximum absolute atomic E-state index is 12.6. The molecule has 0 aliphatic carbocycles. The summed E-state index contributed by atoms with van der Waals surface area (Å²) >= 11 is 0. The molecule has 0 aromatic heterocycles. The summed E-state index contributed by atoms with van der Waals surface area (Å²) in [5.74, 6) is 0.414. The SMILES string of the molecule is CCOC(=O)N[C@H](Cc1ccccc1)C(=O)N/N=C\c1ccc(OCC#N)c(OCC)c1. The van der Waals surface area contributed by atoms with Crippen LogP contribution in [0.15, 0.2) is 53.6 Å². The van der Waals surface area contributed by atoms with Gasteiger partial charge in [0.1, 0.15) is 12.1 Å². The van der Waals surface area contributed by atoms with Crippen molar-refractivity contribution in [2.45, 2.75) is 26.3 Å². The van der Waals surface area contributed by atoms with Gasteiger partial charge in [-0.1, -0.05) is 30.3 Å². The first-order valence-corrected chi connectivity index (χ1v) is 10.1. The van der Waals surface area contributed by atoms with Gasteiger partial charge in [0.15, 0.2) is 18.1 Å². The van der Waals surface area contributed by atoms with Gasteiger partial charge in [0.2, 0.25) is 0 Å². The van der Waals surface area contributed by atoms with Crippen LogP contribution in [-0.2, 0) is 16.0 Å². The maximum Gasteiger partial charge on any atom is 0.407 e. The zero-order chi connectivity index (χ0) is 23.2. The Morgan fingerprint density at radius 1 is 1.09 bits per heavy atom. The number of alkyl carbamates (subject to hydrolysis) is 1. The molecular formula is C23H26N4O5. The first kappa shape index (κ1) is 24.2. The van der Waals surface area contributed by atoms with Gasteiger partial charge in [0.25, 0.3) is 5.91 Å². The summed E-state index contributed by atoms with van der Waals surface area (Å²) in [5.41, 5.74) is 3.97. The van der Waals surface area contributed by atoms with Gasteiger partial charge in [-0.2, -0.15) is 10.4 Å². The summed E-state index contributed by atoms with van der Waals surface area (Å²) in [6, 6.07) is 15.4. The van der Waals surface area contributed by atoms with Gasteiger partial charge < -0.3 is 19.5 Å². The van der Waals surface area contributed by atoms with E-state index in [0.717, 1.165) is 5.56 Å². The molecule has 0 fully saturated rings. The van der Waals surface area contributed by atoms with Crippen LogP contribution in [0.1, 0.15) is 25.0 Å². The van der Waals surface area contributed by atoms with Gasteiger partial charge in [0.05, 0.1) is 19.4 Å². The van der Waals surface area contributed by atoms with Gasteiger partial charge in [-0.25, -0.2) is 10.2 Å². The fourth-order valence-electron chi connectivity index (χ4n) is 2.72. The lowest BCUT2D eigenvalue weighted by molar-refractivity contribution is -0.123. The van der Waals surface area contributed by atoms with Gasteiger partial charge in [-0.15, -0.1) is 0 Å². The van der Waals surface area contributed by atoms with Gasteiger partial charge in [0, 0.05) is 6.42 Å². The topological polar surface area (TPSA) is 122 Å². The van der Waals surface area contributed by atoms with Crippen LogP contribution in [0.4, 0.5) is 4.79 Å². The lowest BCUT2D eigenvalue weighted by Crippen LogP contribution is -2.47. The van der Waals surface area contributed by atoms with E-state index in [1.54, 1.807) is 25.1 Å². The van der Waals surface area contributed by atoms with Crippen molar-refractivity contribution in [3.05, 3.63) is 59.7 Å². The summed E-state index contributed by atoms with van der Waals surface area (Å²) in [6.45, 7) is 4.03. The van der Waals surface area contributed by atoms with Crippen molar-refractivity contribution in [2.24, 2.45) is 5.10 Å². The summed E-state index contributed by atoms with van der Waals surface area (Å²) < 4.78 is 15.8. The van der Waals surface area contributed by atoms with Crippen molar-refractivity contribution in [2.75, 3.05) is 19.8 Å². The maximum atomic E-state index is 12.6. The van der Waals surface area contributed by atoms with Crippen molar-refractivity contribution < 1.29 is 23.8 Å². The Morgan fingerprint density at radius 2 is 1.88 bits per heavy atom. The second kappa shape index (κ2) is 13.3. The number of rotatable bonds is 11. The third-order valence-corrected chi connectivity index (χ3v) is 4.11. The number of hydrogen-bond acceptors (Lipinski definition) is 7. The average Bonchev–Trinajstić information content (AvgIpc) is 2.79. The smallest absolute Gasteiger partial charge is 0.407 e. The van der Waals surface area contributed by atoms with Crippen LogP contribution >= 0.6 is 0 Å². The van der Waals surface area contributed by atoms with E-state index in [4.69, 9.17) is 19.5 Å². The zero-order valence-electron chi connectivity index (χ0n) is 18.0. The van der Waals surface area contributed by atoms with Crippen molar-refractivity contribution in [3.8, 4) is 17.6 Å². The van der Waals surface area contributed by atoms with Gasteiger partial charge in [-0.3, -0.25) is 4.79 Å². The van der Waals surface area contributed by atoms with Crippen LogP contribution in [-0.4, -0.2) is 44.1 Å². The zero-order valence-corrected chi connectivity index (χ0v) is 18.0. The molecule has 2 N–H and O–H groups in total. The second-order valence-electron chi connectivity index (χ2n) is 6.43. The molecule has 0 aliphatic heterocycles. The quantitative estimate of drug-likeness (QED) is 0.411. The highest BCUT2D eigenvalue weighted by atomic mass is 16.5. The van der Waals surface area contributed by atoms with Crippen molar-refractivity contribution in [3.63, 3.8) is 0 Å². The number of carbonyl (C=O) groups is 2. The molecule has 2 aromatic rings. The number of carbonyl (C=O) groups excluding carboxylic acids is 2. The van der Waals surface area contributed by atoms with E-state index in [0.29, 0.717) is 23.7 Å². The highest BCUT2D eigenvalue weighted by Gasteiger charge is 2.21. The molecule has 2 amide bonds. The fraction of sp³-hybridized carbons (Fsp3) is 0.304. The molecular weight excluding hydrogens is 412 g/mol. The summed E-state index contributed by atoms with van der Waals surface area (Å²) in [5, 5.41) is 15.2. The number of hydrazone groups is 1. The predicted molar refractivity (Wildman–Crippen MR) is 119 cm³/mol. The molecule has 9 heteroatoms. The molecule has 0 unspecified atom stereocenters. The Kier molecular flexibility index (Phi) is 10.1. The normalized spacial score (nSPS) is 11.3. The molecule has 0 spiro atoms. The van der Waals surface area contributed by atoms with E-state index in [9.17, 15) is 9.59 Å². The minimum Gasteiger partial charge on any atom is -0.490 e. The molecule has 2 rings (SSSR count). The molecule has 0 heterocycles. The lowest BCUT2D eigenvalue weighted by atomic mass is 10.1. The Bertz CT molecular complexity index is 957. The first-order valence-electron chi connectivity index (χ1n) is 10.1. The van der Waals surface area contributed by atoms with Crippen molar-refractivity contribution >= 4 is 18.2 Å². The van der Waals surface area contributed by atoms with Crippen LogP contribution in [0.25, 0.3) is 0 Å². The summed E-state index contributed by atoms with van der Waals surface area (Å²) in [7, 11) is 0. The fourth-order valence-corrected chi connectivity index (χ4v) is 2.72. The largest absolute Gasteiger partial charge is 0.490 e. The second-order valence-corrected chi connectivity index (χ2v) is 6.43. The standard InChI is InChI=1S/C23H26N4O5/c1-3-30-21-15-18(10-11-20(21)32-13-12-24)16-25-27-22(28)19(26-23(29)31-4-2)14-17-8-6-5-7-9-17/h5-11,15-16,19H,3-4,13-14H2,1-2H3,(H,26,29)(H,27,28)/b25-16-/t19-/m1/s1. The molecule has 0 radical (unpaired) electrons. The molecule has 0 bridgehead atoms. The Morgan fingerprint density at radius 3 is 2.56 bits per heavy atom. The van der Waals surface area contributed by atoms with Crippen LogP contribution in [0.5, 0.6) is 11.5 Å². The van der Waals surface area contributed by atoms with E-state index in [2.05, 4.69) is 15.8 Å². The number of ether oxygens (including phenoxy) is 3. The summed E-state index contributed by atoms with van der Waals surface area (Å²) in [6.07, 6.45) is 1.04. The molecule has 2 aromatic carbocycles. The van der Waals surface area contributed by atoms with E-state index in [1.807, 2.05) is 43.3 Å². The molecule has 0 aliphatic rings. The number of hydrogen-bond donors (Lipinski definition) is 2. The number of nitrogens with zero attached hydrogens (tertiary/aromatic N) is 2. The molecule has 1 atom stereocenters. The predicted octanol–water partition coefficient (Wildman–Crippen LogP) is 2.80. The molecule has 0 saturated heterocycles. The van der Waals surface area contributed by atoms with Gasteiger partial charge in [-0.05, 0) is 43.2 Å². The van der Waals surface area contributed by atoms with Crippen LogP contribution in [0, 0.1) is 11.3 Å². The molecule has 9 nitrogen and oxygen atoms in total. The first-order chi connectivity index (χ1) is 15.6. The Hall–Kier alpha value is -4.06. The number of nitrogens with one attached hydrogen (secondary N) is 2. The van der Waals surface area contributed by atoms with E-state index >= 15 is 0 Å². The molecule has 32 heavy (non-hydrogen) atoms. The number of amides is 2. The van der Waals surface area contributed by atoms with Crippen LogP contribution in [0.3, 0.4) is 0 Å². The third kappa shape index (κ3) is 7.99. The Labute approximate surface area is 187 Å². The number of nitriles is 1. The number of benzene rings is 2. The highest BCUT2D eigenvalue weighted by Crippen LogP contribution is 2.27. The monoisotopic (exact) mass is 438 g/mol. The highest BCUT2D eigenvalue weighted by molar-refractivity contribution is 5.87. The summed E-state index contributed by atoms with van der Waals surface area (Å²) in [4.78, 5) is 24.5. The third-order valence-electron chi connectivity index (χ3n) is 4.11. The van der Waals surface area contributed by atoms with E-state index in [1.165, 1.54) is 6.21 Å². The molecule has 0 saturated carbocycles. The average molecular weight is 438 g/mol.